The fraction of sp³-hybridized carbons (Fsp3) is 0.400. The van der Waals surface area contributed by atoms with E-state index in [1.54, 1.807) is 0 Å². The minimum absolute atomic E-state index is 0.455. The van der Waals surface area contributed by atoms with Crippen molar-refractivity contribution in [2.24, 2.45) is 0 Å². The molecule has 0 fully saturated rings. The fourth-order valence-corrected chi connectivity index (χ4v) is 5.03. The maximum absolute atomic E-state index is 11.8. The predicted octanol–water partition coefficient (Wildman–Crippen LogP) is 5.23. The van der Waals surface area contributed by atoms with Crippen molar-refractivity contribution in [3.63, 3.8) is 0 Å². The highest BCUT2D eigenvalue weighted by molar-refractivity contribution is 14.1. The molecule has 1 unspecified atom stereocenters. The van der Waals surface area contributed by atoms with E-state index in [2.05, 4.69) is 39.6 Å². The van der Waals surface area contributed by atoms with Crippen LogP contribution in [0.4, 0.5) is 5.69 Å². The lowest BCUT2D eigenvalue weighted by molar-refractivity contribution is 0.0970. The van der Waals surface area contributed by atoms with Gasteiger partial charge < -0.3 is 18.0 Å². The largest absolute Gasteiger partial charge is 0.428 e. The number of hydrogen-bond donors (Lipinski definition) is 1. The molecule has 0 aliphatic carbocycles. The Hall–Kier alpha value is -0.540. The van der Waals surface area contributed by atoms with Crippen molar-refractivity contribution < 1.29 is 8.17 Å². The SMILES string of the molecule is CCN(CC)CCN1CC(O)(c2ccccc2Cl)c2c(Br)cc(OI)cc21. The second-order valence-corrected chi connectivity index (χ2v) is 8.37. The first-order chi connectivity index (χ1) is 12.9. The zero-order valence-corrected chi connectivity index (χ0v) is 19.9. The highest BCUT2D eigenvalue weighted by Gasteiger charge is 2.45. The van der Waals surface area contributed by atoms with Crippen LogP contribution in [0.15, 0.2) is 40.9 Å². The minimum Gasteiger partial charge on any atom is -0.428 e. The predicted molar refractivity (Wildman–Crippen MR) is 123 cm³/mol. The Morgan fingerprint density at radius 3 is 2.63 bits per heavy atom. The molecule has 0 bridgehead atoms. The number of rotatable bonds is 7. The normalized spacial score (nSPS) is 18.9. The molecule has 1 aliphatic rings. The fourth-order valence-electron chi connectivity index (χ4n) is 3.73. The summed E-state index contributed by atoms with van der Waals surface area (Å²) in [5, 5.41) is 12.3. The number of nitrogens with zero attached hydrogens (tertiary/aromatic N) is 2. The molecule has 1 N–H and O–H groups in total. The second-order valence-electron chi connectivity index (χ2n) is 6.66. The van der Waals surface area contributed by atoms with Gasteiger partial charge in [0.1, 0.15) is 11.4 Å². The van der Waals surface area contributed by atoms with Crippen molar-refractivity contribution in [2.75, 3.05) is 37.6 Å². The van der Waals surface area contributed by atoms with E-state index in [1.165, 1.54) is 0 Å². The van der Waals surface area contributed by atoms with Gasteiger partial charge in [-0.1, -0.05) is 59.6 Å². The molecule has 0 saturated carbocycles. The third-order valence-corrected chi connectivity index (χ3v) is 6.67. The van der Waals surface area contributed by atoms with E-state index in [4.69, 9.17) is 14.7 Å². The third kappa shape index (κ3) is 4.10. The Morgan fingerprint density at radius 1 is 1.30 bits per heavy atom. The van der Waals surface area contributed by atoms with Crippen molar-refractivity contribution in [2.45, 2.75) is 19.4 Å². The van der Waals surface area contributed by atoms with Gasteiger partial charge in [0.2, 0.25) is 0 Å². The molecular formula is C20H23BrClIN2O2. The molecule has 1 aliphatic heterocycles. The van der Waals surface area contributed by atoms with Gasteiger partial charge in [0.25, 0.3) is 0 Å². The summed E-state index contributed by atoms with van der Waals surface area (Å²) in [6.07, 6.45) is 0. The van der Waals surface area contributed by atoms with Crippen LogP contribution < -0.4 is 7.97 Å². The van der Waals surface area contributed by atoms with Gasteiger partial charge in [0, 0.05) is 45.5 Å². The summed E-state index contributed by atoms with van der Waals surface area (Å²) in [4.78, 5) is 4.60. The first kappa shape index (κ1) is 21.2. The average molecular weight is 566 g/mol. The van der Waals surface area contributed by atoms with E-state index in [0.717, 1.165) is 53.2 Å². The zero-order valence-electron chi connectivity index (χ0n) is 15.4. The van der Waals surface area contributed by atoms with Crippen LogP contribution in [0.25, 0.3) is 0 Å². The topological polar surface area (TPSA) is 35.9 Å². The summed E-state index contributed by atoms with van der Waals surface area (Å²) >= 11 is 12.0. The average Bonchev–Trinajstić information content (AvgIpc) is 2.96. The van der Waals surface area contributed by atoms with E-state index in [0.29, 0.717) is 11.6 Å². The summed E-state index contributed by atoms with van der Waals surface area (Å²) in [5.74, 6) is 0.748. The molecule has 146 valence electrons. The number of halogens is 3. The molecule has 7 heteroatoms. The van der Waals surface area contributed by atoms with Gasteiger partial charge >= 0.3 is 0 Å². The molecule has 0 aromatic heterocycles. The van der Waals surface area contributed by atoms with Gasteiger partial charge in [0.15, 0.2) is 23.0 Å². The summed E-state index contributed by atoms with van der Waals surface area (Å²) in [7, 11) is 0. The minimum atomic E-state index is -1.18. The van der Waals surface area contributed by atoms with Crippen LogP contribution in [0.5, 0.6) is 5.75 Å². The number of β-amino-alcohol motifs (C(OH)–C–C–N with tert-alkyl or cyclic N) is 1. The lowest BCUT2D eigenvalue weighted by Gasteiger charge is -2.28. The van der Waals surface area contributed by atoms with Crippen molar-refractivity contribution in [3.8, 4) is 5.75 Å². The molecule has 27 heavy (non-hydrogen) atoms. The molecule has 0 amide bonds. The molecule has 0 spiro atoms. The second kappa shape index (κ2) is 8.86. The standard InChI is InChI=1S/C20H23BrClIN2O2/c1-3-24(4-2)9-10-25-13-20(26,15-7-5-6-8-17(15)22)19-16(21)11-14(27-23)12-18(19)25/h5-8,11-12,26H,3-4,9-10,13H2,1-2H3. The highest BCUT2D eigenvalue weighted by atomic mass is 127. The van der Waals surface area contributed by atoms with Gasteiger partial charge in [-0.3, -0.25) is 0 Å². The van der Waals surface area contributed by atoms with Crippen LogP contribution in [-0.4, -0.2) is 42.7 Å². The molecule has 4 nitrogen and oxygen atoms in total. The van der Waals surface area contributed by atoms with E-state index in [9.17, 15) is 5.11 Å². The van der Waals surface area contributed by atoms with Gasteiger partial charge in [-0.25, -0.2) is 0 Å². The molecule has 0 radical (unpaired) electrons. The lowest BCUT2D eigenvalue weighted by atomic mass is 9.88. The smallest absolute Gasteiger partial charge is 0.192 e. The van der Waals surface area contributed by atoms with E-state index in [-0.39, 0.29) is 0 Å². The third-order valence-electron chi connectivity index (χ3n) is 5.21. The number of likely N-dealkylation sites (N-methyl/N-ethyl adjacent to an activating group) is 1. The summed E-state index contributed by atoms with van der Waals surface area (Å²) in [6.45, 7) is 8.55. The Balaban J connectivity index is 2.06. The summed E-state index contributed by atoms with van der Waals surface area (Å²) < 4.78 is 6.25. The van der Waals surface area contributed by atoms with Crippen molar-refractivity contribution in [1.82, 2.24) is 4.90 Å². The van der Waals surface area contributed by atoms with Crippen molar-refractivity contribution in [1.29, 1.82) is 0 Å². The summed E-state index contributed by atoms with van der Waals surface area (Å²) in [6, 6.07) is 11.4. The van der Waals surface area contributed by atoms with E-state index < -0.39 is 5.60 Å². The summed E-state index contributed by atoms with van der Waals surface area (Å²) in [5.41, 5.74) is 1.36. The Morgan fingerprint density at radius 2 is 2.00 bits per heavy atom. The molecular weight excluding hydrogens is 542 g/mol. The van der Waals surface area contributed by atoms with Gasteiger partial charge in [0.05, 0.1) is 6.54 Å². The monoisotopic (exact) mass is 564 g/mol. The first-order valence-corrected chi connectivity index (χ1v) is 11.1. The van der Waals surface area contributed by atoms with E-state index >= 15 is 0 Å². The van der Waals surface area contributed by atoms with Crippen LogP contribution in [0.1, 0.15) is 25.0 Å². The van der Waals surface area contributed by atoms with Crippen LogP contribution in [0, 0.1) is 0 Å². The Bertz CT molecular complexity index is 819. The number of aliphatic hydroxyl groups is 1. The van der Waals surface area contributed by atoms with Gasteiger partial charge in [-0.2, -0.15) is 0 Å². The molecule has 2 aromatic carbocycles. The maximum Gasteiger partial charge on any atom is 0.192 e. The van der Waals surface area contributed by atoms with Gasteiger partial charge in [-0.05, 0) is 25.2 Å². The number of benzene rings is 2. The Labute approximate surface area is 188 Å². The maximum atomic E-state index is 11.8. The number of anilines is 1. The first-order valence-electron chi connectivity index (χ1n) is 9.01. The van der Waals surface area contributed by atoms with Gasteiger partial charge in [-0.15, -0.1) is 0 Å². The highest BCUT2D eigenvalue weighted by Crippen LogP contribution is 2.50. The van der Waals surface area contributed by atoms with Crippen molar-refractivity contribution >= 4 is 56.2 Å². The lowest BCUT2D eigenvalue weighted by Crippen LogP contribution is -2.39. The Kier molecular flexibility index (Phi) is 6.95. The zero-order chi connectivity index (χ0) is 19.6. The molecule has 1 atom stereocenters. The van der Waals surface area contributed by atoms with Crippen LogP contribution in [-0.2, 0) is 5.60 Å². The molecule has 3 rings (SSSR count). The van der Waals surface area contributed by atoms with Crippen LogP contribution in [0.3, 0.4) is 0 Å². The van der Waals surface area contributed by atoms with Crippen LogP contribution in [0.2, 0.25) is 5.02 Å². The molecule has 1 heterocycles. The van der Waals surface area contributed by atoms with Crippen molar-refractivity contribution in [3.05, 3.63) is 57.0 Å². The van der Waals surface area contributed by atoms with E-state index in [1.807, 2.05) is 59.4 Å². The molecule has 2 aromatic rings. The quantitative estimate of drug-likeness (QED) is 0.467. The molecule has 0 saturated heterocycles. The number of hydrogen-bond acceptors (Lipinski definition) is 4. The number of fused-ring (bicyclic) bond motifs is 1. The van der Waals surface area contributed by atoms with Crippen LogP contribution >= 0.6 is 50.5 Å².